The molecule has 0 bridgehead atoms. The van der Waals surface area contributed by atoms with Gasteiger partial charge in [0, 0.05) is 31.9 Å². The van der Waals surface area contributed by atoms with Gasteiger partial charge >= 0.3 is 0 Å². The predicted molar refractivity (Wildman–Crippen MR) is 115 cm³/mol. The summed E-state index contributed by atoms with van der Waals surface area (Å²) in [5, 5.41) is 0. The van der Waals surface area contributed by atoms with Crippen LogP contribution in [0.5, 0.6) is 5.75 Å². The molecule has 3 heterocycles. The van der Waals surface area contributed by atoms with Crippen LogP contribution in [0.2, 0.25) is 0 Å². The van der Waals surface area contributed by atoms with Crippen LogP contribution in [-0.2, 0) is 22.5 Å². The third-order valence-corrected chi connectivity index (χ3v) is 6.09. The summed E-state index contributed by atoms with van der Waals surface area (Å²) >= 11 is 0. The average Bonchev–Trinajstić information content (AvgIpc) is 2.81. The first-order chi connectivity index (χ1) is 15.1. The zero-order valence-electron chi connectivity index (χ0n) is 18.0. The van der Waals surface area contributed by atoms with E-state index in [1.165, 1.54) is 17.7 Å². The Morgan fingerprint density at radius 2 is 1.94 bits per heavy atom. The number of carbonyl (C=O) groups excluding carboxylic acids is 1. The van der Waals surface area contributed by atoms with Crippen molar-refractivity contribution in [1.82, 2.24) is 14.8 Å². The van der Waals surface area contributed by atoms with E-state index >= 15 is 0 Å². The topological polar surface area (TPSA) is 54.9 Å². The summed E-state index contributed by atoms with van der Waals surface area (Å²) < 4.78 is 24.4. The van der Waals surface area contributed by atoms with E-state index in [2.05, 4.69) is 28.9 Å². The zero-order valence-corrected chi connectivity index (χ0v) is 18.0. The van der Waals surface area contributed by atoms with Crippen LogP contribution in [0.3, 0.4) is 0 Å². The molecule has 4 rings (SSSR count). The van der Waals surface area contributed by atoms with Crippen LogP contribution in [0.1, 0.15) is 31.0 Å². The molecule has 2 fully saturated rings. The number of piperidine rings is 1. The monoisotopic (exact) mass is 427 g/mol. The van der Waals surface area contributed by atoms with E-state index in [0.717, 1.165) is 44.6 Å². The molecule has 6 nitrogen and oxygen atoms in total. The Hall–Kier alpha value is -2.51. The van der Waals surface area contributed by atoms with Crippen molar-refractivity contribution in [2.75, 3.05) is 32.8 Å². The van der Waals surface area contributed by atoms with E-state index < -0.39 is 0 Å². The van der Waals surface area contributed by atoms with Crippen LogP contribution in [-0.4, -0.2) is 65.7 Å². The Labute approximate surface area is 183 Å². The quantitative estimate of drug-likeness (QED) is 0.680. The number of benzene rings is 1. The standard InChI is InChI=1S/C24H30FN3O3/c1-2-18-3-6-20(26-13-18)14-27-11-9-21(10-12-27)28-15-23(31-17-24(28)29)16-30-22-7-4-19(25)5-8-22/h3-8,13,21,23H,2,9-12,14-17H2,1H3. The molecule has 1 aromatic carbocycles. The molecule has 0 N–H and O–H groups in total. The van der Waals surface area contributed by atoms with Gasteiger partial charge in [0.15, 0.2) is 0 Å². The Balaban J connectivity index is 1.25. The number of aromatic nitrogens is 1. The number of ether oxygens (including phenoxy) is 2. The van der Waals surface area contributed by atoms with E-state index in [1.807, 2.05) is 11.1 Å². The van der Waals surface area contributed by atoms with Crippen LogP contribution in [0.15, 0.2) is 42.6 Å². The molecule has 0 spiro atoms. The van der Waals surface area contributed by atoms with Crippen molar-refractivity contribution in [1.29, 1.82) is 0 Å². The highest BCUT2D eigenvalue weighted by molar-refractivity contribution is 5.78. The maximum atomic E-state index is 13.0. The van der Waals surface area contributed by atoms with Crippen LogP contribution < -0.4 is 4.74 Å². The summed E-state index contributed by atoms with van der Waals surface area (Å²) in [7, 11) is 0. The van der Waals surface area contributed by atoms with Gasteiger partial charge in [-0.3, -0.25) is 14.7 Å². The Morgan fingerprint density at radius 3 is 2.61 bits per heavy atom. The van der Waals surface area contributed by atoms with Gasteiger partial charge in [-0.05, 0) is 55.2 Å². The summed E-state index contributed by atoms with van der Waals surface area (Å²) in [6.07, 6.45) is 4.68. The number of morpholine rings is 1. The number of rotatable bonds is 7. The molecule has 1 amide bonds. The van der Waals surface area contributed by atoms with Crippen molar-refractivity contribution >= 4 is 5.91 Å². The number of carbonyl (C=O) groups is 1. The molecule has 166 valence electrons. The number of likely N-dealkylation sites (tertiary alicyclic amines) is 1. The lowest BCUT2D eigenvalue weighted by atomic mass is 10.0. The summed E-state index contributed by atoms with van der Waals surface area (Å²) in [4.78, 5) is 21.4. The molecule has 7 heteroatoms. The van der Waals surface area contributed by atoms with E-state index in [-0.39, 0.29) is 30.5 Å². The fraction of sp³-hybridized carbons (Fsp3) is 0.500. The lowest BCUT2D eigenvalue weighted by Gasteiger charge is -2.42. The largest absolute Gasteiger partial charge is 0.491 e. The fourth-order valence-electron chi connectivity index (χ4n) is 4.20. The summed E-state index contributed by atoms with van der Waals surface area (Å²) in [6, 6.07) is 10.4. The van der Waals surface area contributed by atoms with Gasteiger partial charge in [0.25, 0.3) is 0 Å². The van der Waals surface area contributed by atoms with Crippen molar-refractivity contribution in [3.05, 3.63) is 59.7 Å². The molecule has 2 aromatic rings. The van der Waals surface area contributed by atoms with Crippen molar-refractivity contribution in [3.63, 3.8) is 0 Å². The first-order valence-electron chi connectivity index (χ1n) is 11.1. The molecule has 1 atom stereocenters. The third-order valence-electron chi connectivity index (χ3n) is 6.09. The van der Waals surface area contributed by atoms with Crippen LogP contribution >= 0.6 is 0 Å². The highest BCUT2D eigenvalue weighted by Crippen LogP contribution is 2.22. The zero-order chi connectivity index (χ0) is 21.6. The second-order valence-electron chi connectivity index (χ2n) is 8.26. The minimum atomic E-state index is -0.293. The fourth-order valence-corrected chi connectivity index (χ4v) is 4.20. The van der Waals surface area contributed by atoms with Gasteiger partial charge in [0.2, 0.25) is 5.91 Å². The lowest BCUT2D eigenvalue weighted by molar-refractivity contribution is -0.155. The second kappa shape index (κ2) is 10.2. The summed E-state index contributed by atoms with van der Waals surface area (Å²) in [5.74, 6) is 0.355. The van der Waals surface area contributed by atoms with Gasteiger partial charge < -0.3 is 14.4 Å². The maximum Gasteiger partial charge on any atom is 0.248 e. The molecule has 31 heavy (non-hydrogen) atoms. The Bertz CT molecular complexity index is 851. The number of aryl methyl sites for hydroxylation is 1. The van der Waals surface area contributed by atoms with Crippen molar-refractivity contribution in [2.45, 2.75) is 44.9 Å². The van der Waals surface area contributed by atoms with Gasteiger partial charge in [-0.15, -0.1) is 0 Å². The van der Waals surface area contributed by atoms with Crippen molar-refractivity contribution in [2.24, 2.45) is 0 Å². The number of hydrogen-bond acceptors (Lipinski definition) is 5. The molecule has 0 aliphatic carbocycles. The first kappa shape index (κ1) is 21.7. The number of nitrogens with zero attached hydrogens (tertiary/aromatic N) is 3. The normalized spacial score (nSPS) is 20.8. The molecule has 0 saturated carbocycles. The van der Waals surface area contributed by atoms with Crippen LogP contribution in [0.25, 0.3) is 0 Å². The minimum absolute atomic E-state index is 0.0494. The second-order valence-corrected chi connectivity index (χ2v) is 8.26. The lowest BCUT2D eigenvalue weighted by Crippen LogP contribution is -2.55. The van der Waals surface area contributed by atoms with Crippen LogP contribution in [0.4, 0.5) is 4.39 Å². The molecule has 2 aliphatic heterocycles. The number of amides is 1. The highest BCUT2D eigenvalue weighted by Gasteiger charge is 2.33. The Kier molecular flexibility index (Phi) is 7.14. The average molecular weight is 428 g/mol. The molecular weight excluding hydrogens is 397 g/mol. The SMILES string of the molecule is CCc1ccc(CN2CCC(N3CC(COc4ccc(F)cc4)OCC3=O)CC2)nc1. The van der Waals surface area contributed by atoms with E-state index in [4.69, 9.17) is 9.47 Å². The van der Waals surface area contributed by atoms with E-state index in [9.17, 15) is 9.18 Å². The highest BCUT2D eigenvalue weighted by atomic mass is 19.1. The Morgan fingerprint density at radius 1 is 1.16 bits per heavy atom. The van der Waals surface area contributed by atoms with Gasteiger partial charge in [-0.2, -0.15) is 0 Å². The molecule has 1 aromatic heterocycles. The maximum absolute atomic E-state index is 13.0. The summed E-state index contributed by atoms with van der Waals surface area (Å²) in [5.41, 5.74) is 2.35. The number of halogens is 1. The molecule has 2 saturated heterocycles. The van der Waals surface area contributed by atoms with Gasteiger partial charge in [0.05, 0.1) is 12.2 Å². The molecule has 1 unspecified atom stereocenters. The number of pyridine rings is 1. The molecular formula is C24H30FN3O3. The third kappa shape index (κ3) is 5.80. The summed E-state index contributed by atoms with van der Waals surface area (Å²) in [6.45, 7) is 5.84. The van der Waals surface area contributed by atoms with Crippen LogP contribution in [0, 0.1) is 5.82 Å². The smallest absolute Gasteiger partial charge is 0.248 e. The van der Waals surface area contributed by atoms with Gasteiger partial charge in [-0.25, -0.2) is 4.39 Å². The first-order valence-corrected chi connectivity index (χ1v) is 11.1. The van der Waals surface area contributed by atoms with Crippen molar-refractivity contribution < 1.29 is 18.7 Å². The molecule has 0 radical (unpaired) electrons. The van der Waals surface area contributed by atoms with E-state index in [1.54, 1.807) is 12.1 Å². The minimum Gasteiger partial charge on any atom is -0.491 e. The van der Waals surface area contributed by atoms with Gasteiger partial charge in [0.1, 0.15) is 30.9 Å². The van der Waals surface area contributed by atoms with E-state index in [0.29, 0.717) is 18.9 Å². The molecule has 2 aliphatic rings. The number of hydrogen-bond donors (Lipinski definition) is 0. The predicted octanol–water partition coefficient (Wildman–Crippen LogP) is 3.05. The van der Waals surface area contributed by atoms with Gasteiger partial charge in [-0.1, -0.05) is 13.0 Å². The van der Waals surface area contributed by atoms with Crippen molar-refractivity contribution in [3.8, 4) is 5.75 Å².